The number of rotatable bonds is 30. The van der Waals surface area contributed by atoms with Crippen LogP contribution in [0.4, 0.5) is 26.3 Å². The normalized spacial score (nSPS) is 13.4. The number of ether oxygens (including phenoxy) is 6. The predicted molar refractivity (Wildman–Crippen MR) is 503 cm³/mol. The average Bonchev–Trinajstić information content (AvgIpc) is 1.60. The van der Waals surface area contributed by atoms with Crippen molar-refractivity contribution < 1.29 is 69.1 Å². The van der Waals surface area contributed by atoms with E-state index in [2.05, 4.69) is 68.6 Å². The fraction of sp³-hybridized carbons (Fsp3) is 0.224. The van der Waals surface area contributed by atoms with Gasteiger partial charge in [0.05, 0.1) is 123 Å². The first-order chi connectivity index (χ1) is 66.3. The molecule has 7 aromatic heterocycles. The first-order valence-corrected chi connectivity index (χ1v) is 44.8. The minimum atomic E-state index is -0.537. The van der Waals surface area contributed by atoms with Gasteiger partial charge in [-0.3, -0.25) is 4.98 Å². The highest BCUT2D eigenvalue weighted by atomic mass is 79.9. The smallest absolute Gasteiger partial charge is 0.337 e. The van der Waals surface area contributed by atoms with Crippen LogP contribution in [0, 0.1) is 74.3 Å². The van der Waals surface area contributed by atoms with E-state index in [0.717, 1.165) is 96.7 Å². The van der Waals surface area contributed by atoms with Gasteiger partial charge in [0.15, 0.2) is 0 Å². The van der Waals surface area contributed by atoms with Gasteiger partial charge in [0.2, 0.25) is 17.6 Å². The maximum Gasteiger partial charge on any atom is 0.337 e. The van der Waals surface area contributed by atoms with Gasteiger partial charge in [-0.1, -0.05) is 88.7 Å². The largest absolute Gasteiger partial charge is 0.473 e. The van der Waals surface area contributed by atoms with Gasteiger partial charge in [-0.05, 0) is 214 Å². The third kappa shape index (κ3) is 21.6. The summed E-state index contributed by atoms with van der Waals surface area (Å²) in [5, 5.41) is 26.8. The number of benzene rings is 9. The van der Waals surface area contributed by atoms with Crippen LogP contribution in [0.1, 0.15) is 143 Å². The molecule has 0 amide bonds. The van der Waals surface area contributed by atoms with Gasteiger partial charge in [0, 0.05) is 125 Å². The van der Waals surface area contributed by atoms with Gasteiger partial charge in [0.25, 0.3) is 0 Å². The second-order valence-electron chi connectivity index (χ2n) is 34.5. The molecule has 30 heteroatoms. The molecule has 7 heterocycles. The fourth-order valence-corrected chi connectivity index (χ4v) is 17.1. The quantitative estimate of drug-likeness (QED) is 0.0175. The Kier molecular flexibility index (Phi) is 27.3. The molecule has 16 aromatic rings. The first kappa shape index (κ1) is 93.1. The number of hydrogen-bond donors (Lipinski definition) is 0. The minimum absolute atomic E-state index is 0.0380. The van der Waals surface area contributed by atoms with Crippen molar-refractivity contribution in [1.82, 2.24) is 53.5 Å². The van der Waals surface area contributed by atoms with Crippen molar-refractivity contribution in [2.24, 2.45) is 5.41 Å². The first-order valence-electron chi connectivity index (χ1n) is 44.0. The Labute approximate surface area is 792 Å². The highest BCUT2D eigenvalue weighted by Gasteiger charge is 2.46. The number of fused-ring (bicyclic) bond motifs is 3. The molecular weight excluding hydrogens is 1820 g/mol. The lowest BCUT2D eigenvalue weighted by Crippen LogP contribution is -2.27. The summed E-state index contributed by atoms with van der Waals surface area (Å²) in [6.45, 7) is 2.68. The van der Waals surface area contributed by atoms with Crippen molar-refractivity contribution in [1.29, 1.82) is 15.8 Å². The van der Waals surface area contributed by atoms with Crippen LogP contribution >= 0.6 is 15.9 Å². The van der Waals surface area contributed by atoms with E-state index < -0.39 is 52.8 Å². The fourth-order valence-electron chi connectivity index (χ4n) is 16.7. The van der Waals surface area contributed by atoms with Crippen LogP contribution in [-0.4, -0.2) is 118 Å². The number of halogens is 7. The van der Waals surface area contributed by atoms with Crippen LogP contribution in [0.2, 0.25) is 0 Å². The number of methoxy groups -OCH3 is 3. The van der Waals surface area contributed by atoms with Gasteiger partial charge >= 0.3 is 17.9 Å². The van der Waals surface area contributed by atoms with Crippen LogP contribution < -0.4 is 14.2 Å². The van der Waals surface area contributed by atoms with Crippen LogP contribution in [0.15, 0.2) is 243 Å². The SMILES string of the molecule is COC(=O)c1ccc2nc(Cc3ccc(-c4cccc(OCc5ccc(C#N)cc5F)n4)cc3F)n(CC3(Br)CC3)c2c1.COC(=O)c1ccc2nc(Cc3ccc(-c4cccc(OCc5ccc(C#N)cc5F)n4)cc3F)n(CC3(CN(C)C)CC3)c2c1.COC(=O)c1ccc2nc(Cc3ccc(-c4cccc(OCc5ccc(C#N)cc5F)n4)cc3F)n(CC3(c4ccncc4)CC3)c2c1. The maximum atomic E-state index is 15.8. The van der Waals surface area contributed by atoms with Crippen molar-refractivity contribution >= 4 is 66.9 Å². The summed E-state index contributed by atoms with van der Waals surface area (Å²) < 4.78 is 128. The number of alkyl halides is 1. The third-order valence-corrected chi connectivity index (χ3v) is 25.7. The minimum Gasteiger partial charge on any atom is -0.473 e. The van der Waals surface area contributed by atoms with Crippen molar-refractivity contribution in [3.63, 3.8) is 0 Å². The average molecular weight is 1910 g/mol. The van der Waals surface area contributed by atoms with Crippen LogP contribution in [0.25, 0.3) is 66.9 Å². The number of pyridine rings is 4. The summed E-state index contributed by atoms with van der Waals surface area (Å²) in [6.07, 6.45) is 10.5. The molecule has 688 valence electrons. The monoisotopic (exact) mass is 1900 g/mol. The number of esters is 3. The van der Waals surface area contributed by atoms with E-state index in [1.54, 1.807) is 146 Å². The van der Waals surface area contributed by atoms with Crippen molar-refractivity contribution in [3.05, 3.63) is 368 Å². The molecule has 0 unspecified atom stereocenters. The molecule has 23 nitrogen and oxygen atoms in total. The highest BCUT2D eigenvalue weighted by molar-refractivity contribution is 9.10. The van der Waals surface area contributed by atoms with Gasteiger partial charge in [-0.2, -0.15) is 15.8 Å². The molecule has 3 aliphatic carbocycles. The number of nitrogens with zero attached hydrogens (tertiary/aromatic N) is 14. The number of nitriles is 3. The molecule has 0 radical (unpaired) electrons. The number of carbonyl (C=O) groups excluding carboxylic acids is 3. The topological polar surface area (TPSA) is 286 Å². The number of aromatic nitrogens is 10. The third-order valence-electron chi connectivity index (χ3n) is 24.6. The van der Waals surface area contributed by atoms with Gasteiger partial charge in [-0.15, -0.1) is 0 Å². The van der Waals surface area contributed by atoms with Crippen LogP contribution in [-0.2, 0) is 78.3 Å². The van der Waals surface area contributed by atoms with Crippen LogP contribution in [0.5, 0.6) is 17.6 Å². The lowest BCUT2D eigenvalue weighted by molar-refractivity contribution is 0.0592. The number of imidazole rings is 3. The zero-order chi connectivity index (χ0) is 95.8. The Morgan fingerprint density at radius 1 is 0.387 bits per heavy atom. The van der Waals surface area contributed by atoms with Gasteiger partial charge in [-0.25, -0.2) is 70.6 Å². The molecule has 3 saturated carbocycles. The molecule has 137 heavy (non-hydrogen) atoms. The summed E-state index contributed by atoms with van der Waals surface area (Å²) in [4.78, 5) is 71.3. The Morgan fingerprint density at radius 3 is 1.03 bits per heavy atom. The lowest BCUT2D eigenvalue weighted by Gasteiger charge is -2.22. The summed E-state index contributed by atoms with van der Waals surface area (Å²) >= 11 is 3.81. The van der Waals surface area contributed by atoms with Crippen molar-refractivity contribution in [2.45, 2.75) is 107 Å². The van der Waals surface area contributed by atoms with Crippen LogP contribution in [0.3, 0.4) is 0 Å². The van der Waals surface area contributed by atoms with E-state index in [1.807, 2.05) is 42.5 Å². The Hall–Kier alpha value is -15.7. The zero-order valence-corrected chi connectivity index (χ0v) is 76.6. The van der Waals surface area contributed by atoms with Crippen molar-refractivity contribution in [3.8, 4) is 69.6 Å². The molecule has 0 saturated heterocycles. The summed E-state index contributed by atoms with van der Waals surface area (Å²) in [5.41, 5.74) is 13.2. The summed E-state index contributed by atoms with van der Waals surface area (Å²) in [7, 11) is 8.17. The summed E-state index contributed by atoms with van der Waals surface area (Å²) in [6, 6.07) is 68.4. The van der Waals surface area contributed by atoms with E-state index in [0.29, 0.717) is 115 Å². The molecule has 3 fully saturated rings. The maximum absolute atomic E-state index is 15.8. The molecule has 0 aliphatic heterocycles. The molecule has 0 N–H and O–H groups in total. The lowest BCUT2D eigenvalue weighted by atomic mass is 9.96. The van der Waals surface area contributed by atoms with E-state index in [4.69, 9.17) is 59.2 Å². The van der Waals surface area contributed by atoms with Crippen molar-refractivity contribution in [2.75, 3.05) is 42.0 Å². The zero-order valence-electron chi connectivity index (χ0n) is 75.0. The van der Waals surface area contributed by atoms with Gasteiger partial charge < -0.3 is 47.0 Å². The molecule has 0 spiro atoms. The van der Waals surface area contributed by atoms with E-state index in [-0.39, 0.29) is 94.1 Å². The second kappa shape index (κ2) is 40.2. The molecule has 9 aromatic carbocycles. The number of hydrogen-bond acceptors (Lipinski definition) is 20. The Morgan fingerprint density at radius 2 is 0.723 bits per heavy atom. The Bertz CT molecular complexity index is 7480. The van der Waals surface area contributed by atoms with Gasteiger partial charge in [0.1, 0.15) is 72.2 Å². The molecule has 19 rings (SSSR count). The summed E-state index contributed by atoms with van der Waals surface area (Å²) in [5.74, 6) is -1.23. The van der Waals surface area contributed by atoms with E-state index in [1.165, 1.54) is 81.5 Å². The van der Waals surface area contributed by atoms with E-state index in [9.17, 15) is 27.6 Å². The highest BCUT2D eigenvalue weighted by Crippen LogP contribution is 2.51. The molecule has 0 atom stereocenters. The molecular formula is C107H87BrF6N14O9. The molecule has 0 bridgehead atoms. The van der Waals surface area contributed by atoms with E-state index >= 15 is 13.2 Å². The second-order valence-corrected chi connectivity index (χ2v) is 36.2. The predicted octanol–water partition coefficient (Wildman–Crippen LogP) is 21.0. The molecule has 3 aliphatic rings. The number of carbonyl (C=O) groups is 3. The standard InChI is InChI=1S/C38H29F2N5O3.C36H33F2N5O3.C33H25BrF2N4O3/c1-47-37(46)27-9-10-33-34(19-27)45(23-38(13-14-38)29-11-15-42-16-12-29)35(43-33)20-25-7-8-26(18-31(25)40)32-3-2-4-36(44-32)48-22-28-6-5-24(21-41)17-30(28)39;1-42(2)21-36(13-14-36)22-43-32-17-26(35(44)45-3)11-12-31(32)40-33(43)18-24-9-10-25(16-29(24)38)30-5-4-6-34(41-30)46-20-27-8-7-23(19-39)15-28(27)37;1-42-32(41)23-9-10-28-29(15-23)40(19-33(34)11-12-33)30(38-28)16-21-7-8-22(14-26(21)36)27-3-2-4-31(39-27)43-18-24-6-5-20(17-37)13-25(24)35/h2-12,15-19H,13-14,20,22-23H2,1H3;4-12,15-17H,13-14,18,20-22H2,1-3H3;2-10,13-15H,11-12,16,18-19H2,1H3. The Balaban J connectivity index is 0.000000143.